The molecule has 0 heterocycles. The van der Waals surface area contributed by atoms with Gasteiger partial charge in [0.2, 0.25) is 0 Å². The van der Waals surface area contributed by atoms with Gasteiger partial charge in [0.15, 0.2) is 0 Å². The minimum Gasteiger partial charge on any atom is -0.495 e. The first-order chi connectivity index (χ1) is 6.63. The second-order valence-corrected chi connectivity index (χ2v) is 3.19. The molecule has 0 aromatic heterocycles. The van der Waals surface area contributed by atoms with E-state index in [4.69, 9.17) is 20.9 Å². The maximum Gasteiger partial charge on any atom is 0.142 e. The number of hydrogen-bond acceptors (Lipinski definition) is 4. The van der Waals surface area contributed by atoms with E-state index in [0.29, 0.717) is 23.8 Å². The van der Waals surface area contributed by atoms with Crippen molar-refractivity contribution in [1.29, 1.82) is 0 Å². The standard InChI is InChI=1S/C10H16N2O2/c1-7(11)6-14-8-3-4-10(13-2)9(12)5-8/h3-5,7H,6,11-12H2,1-2H3/t7-/m1/s1. The van der Waals surface area contributed by atoms with Crippen molar-refractivity contribution in [3.63, 3.8) is 0 Å². The zero-order chi connectivity index (χ0) is 10.6. The van der Waals surface area contributed by atoms with Crippen LogP contribution in [0.5, 0.6) is 11.5 Å². The Morgan fingerprint density at radius 3 is 2.64 bits per heavy atom. The van der Waals surface area contributed by atoms with E-state index in [0.717, 1.165) is 0 Å². The van der Waals surface area contributed by atoms with Crippen LogP contribution < -0.4 is 20.9 Å². The Morgan fingerprint density at radius 2 is 2.14 bits per heavy atom. The Bertz CT molecular complexity index is 300. The highest BCUT2D eigenvalue weighted by Gasteiger charge is 2.02. The third-order valence-electron chi connectivity index (χ3n) is 1.71. The first-order valence-electron chi connectivity index (χ1n) is 4.45. The second-order valence-electron chi connectivity index (χ2n) is 3.19. The van der Waals surface area contributed by atoms with E-state index in [1.807, 2.05) is 6.92 Å². The molecule has 0 aliphatic rings. The van der Waals surface area contributed by atoms with Crippen molar-refractivity contribution in [2.45, 2.75) is 13.0 Å². The number of nitrogen functional groups attached to an aromatic ring is 1. The van der Waals surface area contributed by atoms with E-state index in [1.54, 1.807) is 25.3 Å². The van der Waals surface area contributed by atoms with Crippen LogP contribution in [0.25, 0.3) is 0 Å². The molecule has 0 aliphatic carbocycles. The highest BCUT2D eigenvalue weighted by atomic mass is 16.5. The van der Waals surface area contributed by atoms with Crippen molar-refractivity contribution in [3.05, 3.63) is 18.2 Å². The van der Waals surface area contributed by atoms with Gasteiger partial charge in [-0.3, -0.25) is 0 Å². The van der Waals surface area contributed by atoms with Crippen LogP contribution in [-0.2, 0) is 0 Å². The van der Waals surface area contributed by atoms with E-state index in [-0.39, 0.29) is 6.04 Å². The molecule has 1 rings (SSSR count). The molecule has 0 bridgehead atoms. The molecular weight excluding hydrogens is 180 g/mol. The number of hydrogen-bond donors (Lipinski definition) is 2. The summed E-state index contributed by atoms with van der Waals surface area (Å²) in [6.07, 6.45) is 0. The molecule has 1 aromatic rings. The minimum atomic E-state index is 0.0123. The summed E-state index contributed by atoms with van der Waals surface area (Å²) in [7, 11) is 1.58. The van der Waals surface area contributed by atoms with Gasteiger partial charge in [0.05, 0.1) is 12.8 Å². The van der Waals surface area contributed by atoms with Gasteiger partial charge in [-0.2, -0.15) is 0 Å². The smallest absolute Gasteiger partial charge is 0.142 e. The lowest BCUT2D eigenvalue weighted by atomic mass is 10.3. The van der Waals surface area contributed by atoms with Crippen molar-refractivity contribution < 1.29 is 9.47 Å². The van der Waals surface area contributed by atoms with Crippen molar-refractivity contribution >= 4 is 5.69 Å². The Balaban J connectivity index is 2.66. The number of anilines is 1. The third kappa shape index (κ3) is 2.81. The molecule has 0 spiro atoms. The van der Waals surface area contributed by atoms with Crippen LogP contribution >= 0.6 is 0 Å². The summed E-state index contributed by atoms with van der Waals surface area (Å²) in [4.78, 5) is 0. The fraction of sp³-hybridized carbons (Fsp3) is 0.400. The van der Waals surface area contributed by atoms with E-state index in [2.05, 4.69) is 0 Å². The number of rotatable bonds is 4. The average Bonchev–Trinajstić information content (AvgIpc) is 2.15. The van der Waals surface area contributed by atoms with Gasteiger partial charge in [-0.05, 0) is 19.1 Å². The van der Waals surface area contributed by atoms with Gasteiger partial charge in [0.25, 0.3) is 0 Å². The number of methoxy groups -OCH3 is 1. The predicted octanol–water partition coefficient (Wildman–Crippen LogP) is 1.00. The Labute approximate surface area is 83.8 Å². The van der Waals surface area contributed by atoms with Gasteiger partial charge in [-0.1, -0.05) is 0 Å². The Hall–Kier alpha value is -1.42. The van der Waals surface area contributed by atoms with Crippen molar-refractivity contribution in [2.75, 3.05) is 19.5 Å². The quantitative estimate of drug-likeness (QED) is 0.705. The van der Waals surface area contributed by atoms with Gasteiger partial charge < -0.3 is 20.9 Å². The molecule has 0 unspecified atom stereocenters. The summed E-state index contributed by atoms with van der Waals surface area (Å²) < 4.78 is 10.4. The SMILES string of the molecule is COc1ccc(OC[C@@H](C)N)cc1N. The number of nitrogens with two attached hydrogens (primary N) is 2. The van der Waals surface area contributed by atoms with Crippen LogP contribution in [0.3, 0.4) is 0 Å². The Kier molecular flexibility index (Phi) is 3.59. The summed E-state index contributed by atoms with van der Waals surface area (Å²) in [5, 5.41) is 0. The normalized spacial score (nSPS) is 12.2. The monoisotopic (exact) mass is 196 g/mol. The molecular formula is C10H16N2O2. The van der Waals surface area contributed by atoms with Crippen molar-refractivity contribution in [3.8, 4) is 11.5 Å². The van der Waals surface area contributed by atoms with E-state index >= 15 is 0 Å². The van der Waals surface area contributed by atoms with E-state index < -0.39 is 0 Å². The van der Waals surface area contributed by atoms with Crippen molar-refractivity contribution in [2.24, 2.45) is 5.73 Å². The predicted molar refractivity (Wildman–Crippen MR) is 56.6 cm³/mol. The number of ether oxygens (including phenoxy) is 2. The zero-order valence-electron chi connectivity index (χ0n) is 8.49. The van der Waals surface area contributed by atoms with Gasteiger partial charge in [0, 0.05) is 12.1 Å². The lowest BCUT2D eigenvalue weighted by Crippen LogP contribution is -2.23. The fourth-order valence-electron chi connectivity index (χ4n) is 1.03. The van der Waals surface area contributed by atoms with Gasteiger partial charge in [0.1, 0.15) is 18.1 Å². The van der Waals surface area contributed by atoms with Crippen LogP contribution in [0.2, 0.25) is 0 Å². The third-order valence-corrected chi connectivity index (χ3v) is 1.71. The van der Waals surface area contributed by atoms with E-state index in [9.17, 15) is 0 Å². The number of benzene rings is 1. The average molecular weight is 196 g/mol. The van der Waals surface area contributed by atoms with Crippen molar-refractivity contribution in [1.82, 2.24) is 0 Å². The molecule has 78 valence electrons. The molecule has 0 aliphatic heterocycles. The molecule has 0 radical (unpaired) electrons. The lowest BCUT2D eigenvalue weighted by molar-refractivity contribution is 0.296. The van der Waals surface area contributed by atoms with E-state index in [1.165, 1.54) is 0 Å². The van der Waals surface area contributed by atoms with Crippen LogP contribution in [0.4, 0.5) is 5.69 Å². The van der Waals surface area contributed by atoms with Gasteiger partial charge in [-0.25, -0.2) is 0 Å². The molecule has 0 amide bonds. The molecule has 0 saturated heterocycles. The molecule has 4 N–H and O–H groups in total. The maximum absolute atomic E-state index is 5.70. The zero-order valence-corrected chi connectivity index (χ0v) is 8.49. The highest BCUT2D eigenvalue weighted by Crippen LogP contribution is 2.25. The molecule has 1 aromatic carbocycles. The van der Waals surface area contributed by atoms with Gasteiger partial charge in [-0.15, -0.1) is 0 Å². The topological polar surface area (TPSA) is 70.5 Å². The first-order valence-corrected chi connectivity index (χ1v) is 4.45. The molecule has 0 fully saturated rings. The molecule has 0 saturated carbocycles. The molecule has 4 heteroatoms. The summed E-state index contributed by atoms with van der Waals surface area (Å²) in [6, 6.07) is 5.31. The van der Waals surface area contributed by atoms with Crippen LogP contribution in [0.15, 0.2) is 18.2 Å². The fourth-order valence-corrected chi connectivity index (χ4v) is 1.03. The van der Waals surface area contributed by atoms with Crippen LogP contribution in [0.1, 0.15) is 6.92 Å². The minimum absolute atomic E-state index is 0.0123. The lowest BCUT2D eigenvalue weighted by Gasteiger charge is -2.10. The molecule has 1 atom stereocenters. The summed E-state index contributed by atoms with van der Waals surface area (Å²) in [6.45, 7) is 2.36. The van der Waals surface area contributed by atoms with Crippen LogP contribution in [-0.4, -0.2) is 19.8 Å². The summed E-state index contributed by atoms with van der Waals surface area (Å²) >= 11 is 0. The molecule has 14 heavy (non-hydrogen) atoms. The maximum atomic E-state index is 5.70. The summed E-state index contributed by atoms with van der Waals surface area (Å²) in [5.74, 6) is 1.36. The van der Waals surface area contributed by atoms with Crippen LogP contribution in [0, 0.1) is 0 Å². The largest absolute Gasteiger partial charge is 0.495 e. The van der Waals surface area contributed by atoms with Gasteiger partial charge >= 0.3 is 0 Å². The molecule has 4 nitrogen and oxygen atoms in total. The Morgan fingerprint density at radius 1 is 1.43 bits per heavy atom. The first kappa shape index (κ1) is 10.7. The highest BCUT2D eigenvalue weighted by molar-refractivity contribution is 5.56. The second kappa shape index (κ2) is 4.72. The summed E-state index contributed by atoms with van der Waals surface area (Å²) in [5.41, 5.74) is 11.8.